The first-order valence-electron chi connectivity index (χ1n) is 11.1. The second kappa shape index (κ2) is 6.48. The van der Waals surface area contributed by atoms with E-state index in [1.807, 2.05) is 0 Å². The SMILES string of the molecule is C/C=C(/C)[C@H]1CCCC2[C@@H]3CC[C@H]4CC(C)(C)CC[C@@H]4[C@H]3CC[C@@H]21. The molecular weight excluding hydrogens is 288 g/mol. The third-order valence-corrected chi connectivity index (χ3v) is 9.09. The highest BCUT2D eigenvalue weighted by Gasteiger charge is 2.51. The number of fused-ring (bicyclic) bond motifs is 5. The maximum atomic E-state index is 2.53. The van der Waals surface area contributed by atoms with Crippen LogP contribution in [0.3, 0.4) is 0 Å². The number of allylic oxidation sites excluding steroid dienone is 2. The van der Waals surface area contributed by atoms with Crippen LogP contribution in [-0.2, 0) is 0 Å². The van der Waals surface area contributed by atoms with Crippen LogP contribution in [0.1, 0.15) is 91.9 Å². The van der Waals surface area contributed by atoms with Crippen LogP contribution >= 0.6 is 0 Å². The minimum absolute atomic E-state index is 0.629. The van der Waals surface area contributed by atoms with Gasteiger partial charge >= 0.3 is 0 Å². The van der Waals surface area contributed by atoms with Crippen molar-refractivity contribution in [1.29, 1.82) is 0 Å². The fraction of sp³-hybridized carbons (Fsp3) is 0.917. The Hall–Kier alpha value is -0.260. The van der Waals surface area contributed by atoms with Gasteiger partial charge in [-0.15, -0.1) is 0 Å². The predicted molar refractivity (Wildman–Crippen MR) is 104 cm³/mol. The Morgan fingerprint density at radius 2 is 1.46 bits per heavy atom. The van der Waals surface area contributed by atoms with Gasteiger partial charge in [0.1, 0.15) is 0 Å². The van der Waals surface area contributed by atoms with E-state index in [1.54, 1.807) is 44.1 Å². The van der Waals surface area contributed by atoms with E-state index in [9.17, 15) is 0 Å². The molecule has 0 N–H and O–H groups in total. The number of hydrogen-bond donors (Lipinski definition) is 0. The molecule has 0 heteroatoms. The molecule has 0 nitrogen and oxygen atoms in total. The molecule has 0 aliphatic heterocycles. The van der Waals surface area contributed by atoms with E-state index in [-0.39, 0.29) is 0 Å². The Bertz CT molecular complexity index is 484. The molecule has 4 aliphatic carbocycles. The van der Waals surface area contributed by atoms with Crippen molar-refractivity contribution in [2.45, 2.75) is 91.9 Å². The number of rotatable bonds is 1. The Morgan fingerprint density at radius 1 is 0.792 bits per heavy atom. The van der Waals surface area contributed by atoms with Crippen LogP contribution in [-0.4, -0.2) is 0 Å². The molecule has 136 valence electrons. The summed E-state index contributed by atoms with van der Waals surface area (Å²) >= 11 is 0. The molecule has 0 aromatic carbocycles. The molecule has 0 heterocycles. The molecule has 4 aliphatic rings. The lowest BCUT2D eigenvalue weighted by atomic mass is 9.48. The van der Waals surface area contributed by atoms with Crippen molar-refractivity contribution in [3.63, 3.8) is 0 Å². The van der Waals surface area contributed by atoms with E-state index in [0.717, 1.165) is 41.4 Å². The zero-order chi connectivity index (χ0) is 16.9. The summed E-state index contributed by atoms with van der Waals surface area (Å²) in [4.78, 5) is 0. The summed E-state index contributed by atoms with van der Waals surface area (Å²) in [5.41, 5.74) is 2.33. The lowest BCUT2D eigenvalue weighted by molar-refractivity contribution is -0.0678. The Balaban J connectivity index is 1.52. The van der Waals surface area contributed by atoms with Crippen LogP contribution in [0.25, 0.3) is 0 Å². The molecule has 0 bridgehead atoms. The van der Waals surface area contributed by atoms with Gasteiger partial charge in [-0.2, -0.15) is 0 Å². The van der Waals surface area contributed by atoms with Crippen molar-refractivity contribution in [2.75, 3.05) is 0 Å². The molecule has 0 aromatic heterocycles. The summed E-state index contributed by atoms with van der Waals surface area (Å²) in [7, 11) is 0. The first-order chi connectivity index (χ1) is 11.5. The third kappa shape index (κ3) is 2.90. The molecule has 7 atom stereocenters. The Kier molecular flexibility index (Phi) is 4.63. The van der Waals surface area contributed by atoms with Gasteiger partial charge in [-0.25, -0.2) is 0 Å². The maximum absolute atomic E-state index is 2.53. The van der Waals surface area contributed by atoms with Crippen molar-refractivity contribution in [2.24, 2.45) is 46.8 Å². The molecule has 0 aromatic rings. The van der Waals surface area contributed by atoms with E-state index < -0.39 is 0 Å². The van der Waals surface area contributed by atoms with Crippen LogP contribution in [0, 0.1) is 46.8 Å². The normalized spacial score (nSPS) is 48.2. The van der Waals surface area contributed by atoms with Crippen molar-refractivity contribution < 1.29 is 0 Å². The predicted octanol–water partition coefficient (Wildman–Crippen LogP) is 7.25. The van der Waals surface area contributed by atoms with Crippen molar-refractivity contribution in [3.05, 3.63) is 11.6 Å². The summed E-state index contributed by atoms with van der Waals surface area (Å²) in [5.74, 6) is 7.41. The topological polar surface area (TPSA) is 0 Å². The molecule has 0 saturated heterocycles. The van der Waals surface area contributed by atoms with Crippen LogP contribution in [0.5, 0.6) is 0 Å². The standard InChI is InChI=1S/C24H40/c1-5-16(2)18-7-6-8-20-21(18)11-12-22-19-13-14-24(3,4)15-17(19)9-10-23(20)22/h5,17-23H,6-15H2,1-4H3/b16-5-/t17-,18+,19-,20?,21+,22+,23-/m0/s1. The average Bonchev–Trinajstić information content (AvgIpc) is 2.58. The molecular formula is C24H40. The fourth-order valence-electron chi connectivity index (χ4n) is 7.95. The highest BCUT2D eigenvalue weighted by molar-refractivity contribution is 5.09. The first kappa shape index (κ1) is 17.2. The van der Waals surface area contributed by atoms with Gasteiger partial charge in [0.15, 0.2) is 0 Å². The van der Waals surface area contributed by atoms with Gasteiger partial charge in [-0.1, -0.05) is 31.9 Å². The largest absolute Gasteiger partial charge is 0.0884 e. The molecule has 24 heavy (non-hydrogen) atoms. The molecule has 1 unspecified atom stereocenters. The Labute approximate surface area is 150 Å². The molecule has 0 amide bonds. The lowest BCUT2D eigenvalue weighted by Crippen LogP contribution is -2.48. The second-order valence-electron chi connectivity index (χ2n) is 10.7. The summed E-state index contributed by atoms with van der Waals surface area (Å²) in [6, 6.07) is 0. The summed E-state index contributed by atoms with van der Waals surface area (Å²) in [6.45, 7) is 9.73. The van der Waals surface area contributed by atoms with Crippen molar-refractivity contribution >= 4 is 0 Å². The second-order valence-corrected chi connectivity index (χ2v) is 10.7. The Morgan fingerprint density at radius 3 is 2.25 bits per heavy atom. The lowest BCUT2D eigenvalue weighted by Gasteiger charge is -2.57. The van der Waals surface area contributed by atoms with Crippen LogP contribution in [0.2, 0.25) is 0 Å². The van der Waals surface area contributed by atoms with Crippen LogP contribution < -0.4 is 0 Å². The van der Waals surface area contributed by atoms with Gasteiger partial charge in [0, 0.05) is 0 Å². The van der Waals surface area contributed by atoms with Crippen molar-refractivity contribution in [3.8, 4) is 0 Å². The monoisotopic (exact) mass is 328 g/mol. The van der Waals surface area contributed by atoms with Gasteiger partial charge in [-0.3, -0.25) is 0 Å². The number of hydrogen-bond acceptors (Lipinski definition) is 0. The quantitative estimate of drug-likeness (QED) is 0.445. The highest BCUT2D eigenvalue weighted by atomic mass is 14.6. The van der Waals surface area contributed by atoms with Gasteiger partial charge in [0.25, 0.3) is 0 Å². The minimum Gasteiger partial charge on any atom is -0.0884 e. The van der Waals surface area contributed by atoms with E-state index >= 15 is 0 Å². The maximum Gasteiger partial charge on any atom is -0.0175 e. The fourth-order valence-corrected chi connectivity index (χ4v) is 7.95. The third-order valence-electron chi connectivity index (χ3n) is 9.09. The summed E-state index contributed by atoms with van der Waals surface area (Å²) in [5, 5.41) is 0. The summed E-state index contributed by atoms with van der Waals surface area (Å²) < 4.78 is 0. The smallest absolute Gasteiger partial charge is 0.0175 e. The van der Waals surface area contributed by atoms with E-state index in [2.05, 4.69) is 33.8 Å². The van der Waals surface area contributed by atoms with Crippen molar-refractivity contribution in [1.82, 2.24) is 0 Å². The van der Waals surface area contributed by atoms with Gasteiger partial charge < -0.3 is 0 Å². The zero-order valence-corrected chi connectivity index (χ0v) is 16.7. The van der Waals surface area contributed by atoms with E-state index in [0.29, 0.717) is 5.41 Å². The molecule has 0 spiro atoms. The zero-order valence-electron chi connectivity index (χ0n) is 16.7. The van der Waals surface area contributed by atoms with Gasteiger partial charge in [0.2, 0.25) is 0 Å². The van der Waals surface area contributed by atoms with E-state index in [4.69, 9.17) is 0 Å². The van der Waals surface area contributed by atoms with Gasteiger partial charge in [-0.05, 0) is 118 Å². The molecule has 4 rings (SSSR count). The van der Waals surface area contributed by atoms with Crippen LogP contribution in [0.4, 0.5) is 0 Å². The summed E-state index contributed by atoms with van der Waals surface area (Å²) in [6.07, 6.45) is 17.8. The molecule has 4 saturated carbocycles. The molecule has 4 fully saturated rings. The van der Waals surface area contributed by atoms with E-state index in [1.165, 1.54) is 25.7 Å². The average molecular weight is 329 g/mol. The highest BCUT2D eigenvalue weighted by Crippen LogP contribution is 2.60. The van der Waals surface area contributed by atoms with Gasteiger partial charge in [0.05, 0.1) is 0 Å². The van der Waals surface area contributed by atoms with Crippen LogP contribution in [0.15, 0.2) is 11.6 Å². The molecule has 0 radical (unpaired) electrons. The minimum atomic E-state index is 0.629. The first-order valence-corrected chi connectivity index (χ1v) is 11.1.